The number of primary sulfonamides is 1. The van der Waals surface area contributed by atoms with E-state index in [0.29, 0.717) is 10.6 Å². The second kappa shape index (κ2) is 6.84. The Balaban J connectivity index is 2.19. The number of carbonyl (C=O) groups excluding carboxylic acids is 1. The molecular weight excluding hydrogens is 368 g/mol. The molecule has 2 rings (SSSR count). The number of hydrogen-bond acceptors (Lipinski definition) is 4. The number of carbonyl (C=O) groups is 1. The fourth-order valence-corrected chi connectivity index (χ4v) is 2.55. The Bertz CT molecular complexity index is 871. The predicted molar refractivity (Wildman–Crippen MR) is 83.4 cm³/mol. The molecule has 0 unspecified atom stereocenters. The highest BCUT2D eigenvalue weighted by atomic mass is 35.5. The predicted octanol–water partition coefficient (Wildman–Crippen LogP) is 3.14. The van der Waals surface area contributed by atoms with Gasteiger partial charge in [0.15, 0.2) is 0 Å². The van der Waals surface area contributed by atoms with Gasteiger partial charge in [0, 0.05) is 0 Å². The summed E-state index contributed by atoms with van der Waals surface area (Å²) < 4.78 is 41.1. The summed E-state index contributed by atoms with van der Waals surface area (Å²) in [7, 11) is -4.06. The Kier molecular flexibility index (Phi) is 5.26. The van der Waals surface area contributed by atoms with Gasteiger partial charge < -0.3 is 4.74 Å². The van der Waals surface area contributed by atoms with Gasteiger partial charge in [-0.05, 0) is 35.9 Å². The van der Waals surface area contributed by atoms with Crippen molar-refractivity contribution in [3.63, 3.8) is 0 Å². The minimum atomic E-state index is -4.06. The number of sulfonamides is 1. The summed E-state index contributed by atoms with van der Waals surface area (Å²) in [4.78, 5) is 11.5. The first kappa shape index (κ1) is 17.7. The van der Waals surface area contributed by atoms with E-state index in [4.69, 9.17) is 33.1 Å². The Morgan fingerprint density at radius 3 is 2.43 bits per heavy atom. The molecule has 0 aliphatic heterocycles. The van der Waals surface area contributed by atoms with Crippen molar-refractivity contribution in [1.29, 1.82) is 0 Å². The van der Waals surface area contributed by atoms with Crippen LogP contribution >= 0.6 is 23.2 Å². The molecule has 0 atom stereocenters. The third-order valence-corrected chi connectivity index (χ3v) is 4.49. The van der Waals surface area contributed by atoms with Crippen LogP contribution in [-0.2, 0) is 21.4 Å². The van der Waals surface area contributed by atoms with E-state index in [-0.39, 0.29) is 16.5 Å². The summed E-state index contributed by atoms with van der Waals surface area (Å²) in [5.41, 5.74) is 0.00680. The fourth-order valence-electron chi connectivity index (χ4n) is 1.69. The van der Waals surface area contributed by atoms with Crippen molar-refractivity contribution in [2.24, 2.45) is 5.14 Å². The number of esters is 1. The highest BCUT2D eigenvalue weighted by Gasteiger charge is 2.18. The maximum atomic E-state index is 13.7. The summed E-state index contributed by atoms with van der Waals surface area (Å²) in [6.07, 6.45) is 0. The molecule has 0 fully saturated rings. The van der Waals surface area contributed by atoms with E-state index >= 15 is 0 Å². The number of halogens is 3. The zero-order chi connectivity index (χ0) is 17.2. The van der Waals surface area contributed by atoms with E-state index in [1.807, 2.05) is 0 Å². The van der Waals surface area contributed by atoms with E-state index in [1.54, 1.807) is 6.07 Å². The standard InChI is InChI=1S/C14H10Cl2FNO4S/c15-11-3-1-8(5-12(11)16)7-22-14(19)10-6-9(23(18,20)21)2-4-13(10)17/h1-6H,7H2,(H2,18,20,21). The van der Waals surface area contributed by atoms with E-state index in [2.05, 4.69) is 0 Å². The summed E-state index contributed by atoms with van der Waals surface area (Å²) in [5, 5.41) is 5.56. The maximum Gasteiger partial charge on any atom is 0.341 e. The van der Waals surface area contributed by atoms with Gasteiger partial charge in [-0.3, -0.25) is 0 Å². The quantitative estimate of drug-likeness (QED) is 0.829. The van der Waals surface area contributed by atoms with Crippen molar-refractivity contribution in [3.05, 3.63) is 63.4 Å². The number of hydrogen-bond donors (Lipinski definition) is 1. The van der Waals surface area contributed by atoms with E-state index in [1.165, 1.54) is 12.1 Å². The van der Waals surface area contributed by atoms with Crippen LogP contribution in [0.15, 0.2) is 41.3 Å². The van der Waals surface area contributed by atoms with Crippen LogP contribution in [0, 0.1) is 5.82 Å². The van der Waals surface area contributed by atoms with E-state index < -0.39 is 27.4 Å². The monoisotopic (exact) mass is 377 g/mol. The summed E-state index contributed by atoms with van der Waals surface area (Å²) in [6.45, 7) is -0.186. The molecule has 0 saturated heterocycles. The lowest BCUT2D eigenvalue weighted by Gasteiger charge is -2.08. The maximum absolute atomic E-state index is 13.7. The molecule has 0 aromatic heterocycles. The van der Waals surface area contributed by atoms with Gasteiger partial charge in [0.2, 0.25) is 10.0 Å². The number of ether oxygens (including phenoxy) is 1. The van der Waals surface area contributed by atoms with Crippen LogP contribution in [0.25, 0.3) is 0 Å². The summed E-state index contributed by atoms with van der Waals surface area (Å²) >= 11 is 11.6. The first-order valence-electron chi connectivity index (χ1n) is 6.12. The SMILES string of the molecule is NS(=O)(=O)c1ccc(F)c(C(=O)OCc2ccc(Cl)c(Cl)c2)c1. The Morgan fingerprint density at radius 2 is 1.83 bits per heavy atom. The molecule has 0 amide bonds. The zero-order valence-electron chi connectivity index (χ0n) is 11.4. The van der Waals surface area contributed by atoms with Crippen LogP contribution in [0.1, 0.15) is 15.9 Å². The van der Waals surface area contributed by atoms with Gasteiger partial charge in [-0.1, -0.05) is 29.3 Å². The van der Waals surface area contributed by atoms with Crippen LogP contribution in [0.4, 0.5) is 4.39 Å². The molecular formula is C14H10Cl2FNO4S. The molecule has 2 aromatic rings. The number of benzene rings is 2. The average Bonchev–Trinajstić information content (AvgIpc) is 2.47. The molecule has 9 heteroatoms. The van der Waals surface area contributed by atoms with Crippen LogP contribution < -0.4 is 5.14 Å². The molecule has 0 spiro atoms. The molecule has 0 bridgehead atoms. The van der Waals surface area contributed by atoms with Crippen LogP contribution in [-0.4, -0.2) is 14.4 Å². The van der Waals surface area contributed by atoms with Crippen molar-refractivity contribution >= 4 is 39.2 Å². The molecule has 0 aliphatic carbocycles. The first-order chi connectivity index (χ1) is 10.7. The third-order valence-electron chi connectivity index (χ3n) is 2.84. The van der Waals surface area contributed by atoms with Gasteiger partial charge in [-0.25, -0.2) is 22.7 Å². The van der Waals surface area contributed by atoms with Crippen molar-refractivity contribution in [3.8, 4) is 0 Å². The molecule has 5 nitrogen and oxygen atoms in total. The number of rotatable bonds is 4. The molecule has 0 radical (unpaired) electrons. The largest absolute Gasteiger partial charge is 0.457 e. The van der Waals surface area contributed by atoms with Crippen molar-refractivity contribution < 1.29 is 22.3 Å². The topological polar surface area (TPSA) is 86.5 Å². The Morgan fingerprint density at radius 1 is 1.13 bits per heavy atom. The molecule has 0 saturated carbocycles. The van der Waals surface area contributed by atoms with Crippen molar-refractivity contribution in [1.82, 2.24) is 0 Å². The lowest BCUT2D eigenvalue weighted by Crippen LogP contribution is -2.14. The Labute approximate surface area is 141 Å². The average molecular weight is 378 g/mol. The van der Waals surface area contributed by atoms with Gasteiger partial charge in [0.25, 0.3) is 0 Å². The molecule has 2 N–H and O–H groups in total. The van der Waals surface area contributed by atoms with E-state index in [0.717, 1.165) is 18.2 Å². The lowest BCUT2D eigenvalue weighted by atomic mass is 10.2. The smallest absolute Gasteiger partial charge is 0.341 e. The summed E-state index contributed by atoms with van der Waals surface area (Å²) in [5.74, 6) is -1.95. The van der Waals surface area contributed by atoms with Gasteiger partial charge >= 0.3 is 5.97 Å². The highest BCUT2D eigenvalue weighted by molar-refractivity contribution is 7.89. The van der Waals surface area contributed by atoms with Gasteiger partial charge in [-0.15, -0.1) is 0 Å². The molecule has 0 heterocycles. The highest BCUT2D eigenvalue weighted by Crippen LogP contribution is 2.23. The van der Waals surface area contributed by atoms with E-state index in [9.17, 15) is 17.6 Å². The Hall–Kier alpha value is -1.67. The lowest BCUT2D eigenvalue weighted by molar-refractivity contribution is 0.0467. The van der Waals surface area contributed by atoms with Gasteiger partial charge in [0.1, 0.15) is 12.4 Å². The number of nitrogens with two attached hydrogens (primary N) is 1. The van der Waals surface area contributed by atoms with Crippen molar-refractivity contribution in [2.45, 2.75) is 11.5 Å². The fraction of sp³-hybridized carbons (Fsp3) is 0.0714. The first-order valence-corrected chi connectivity index (χ1v) is 8.42. The second-order valence-electron chi connectivity index (χ2n) is 4.51. The minimum Gasteiger partial charge on any atom is -0.457 e. The van der Waals surface area contributed by atoms with Crippen molar-refractivity contribution in [2.75, 3.05) is 0 Å². The molecule has 23 heavy (non-hydrogen) atoms. The molecule has 2 aromatic carbocycles. The normalized spacial score (nSPS) is 11.3. The third kappa shape index (κ3) is 4.42. The zero-order valence-corrected chi connectivity index (χ0v) is 13.8. The second-order valence-corrected chi connectivity index (χ2v) is 6.89. The van der Waals surface area contributed by atoms with Crippen LogP contribution in [0.3, 0.4) is 0 Å². The summed E-state index contributed by atoms with van der Waals surface area (Å²) in [6, 6.07) is 7.21. The van der Waals surface area contributed by atoms with Crippen LogP contribution in [0.5, 0.6) is 0 Å². The molecule has 0 aliphatic rings. The van der Waals surface area contributed by atoms with Crippen LogP contribution in [0.2, 0.25) is 10.0 Å². The molecule has 122 valence electrons. The van der Waals surface area contributed by atoms with Gasteiger partial charge in [-0.2, -0.15) is 0 Å². The minimum absolute atomic E-state index is 0.186. The van der Waals surface area contributed by atoms with Gasteiger partial charge in [0.05, 0.1) is 20.5 Å².